The number of aliphatic hydroxyl groups is 3. The minimum atomic E-state index is -1.35. The number of carbonyl (C=O) groups excluding carboxylic acids is 1. The van der Waals surface area contributed by atoms with Gasteiger partial charge in [-0.3, -0.25) is 4.79 Å². The summed E-state index contributed by atoms with van der Waals surface area (Å²) in [6.07, 6.45) is -4.75. The highest BCUT2D eigenvalue weighted by molar-refractivity contribution is 5.88. The number of hydrogen-bond acceptors (Lipinski definition) is 8. The monoisotopic (exact) mass is 259 g/mol. The molecule has 0 saturated carbocycles. The highest BCUT2D eigenvalue weighted by atomic mass is 16.6. The van der Waals surface area contributed by atoms with E-state index in [1.54, 1.807) is 0 Å². The molecule has 0 unspecified atom stereocenters. The first-order chi connectivity index (χ1) is 8.45. The Morgan fingerprint density at radius 1 is 1.44 bits per heavy atom. The molecular formula is C8H13N5O5. The number of hydrogen-bond donors (Lipinski definition) is 5. The van der Waals surface area contributed by atoms with Crippen LogP contribution in [0, 0.1) is 0 Å². The molecule has 2 heterocycles. The van der Waals surface area contributed by atoms with Gasteiger partial charge in [-0.15, -0.1) is 5.10 Å². The molecule has 4 atom stereocenters. The van der Waals surface area contributed by atoms with Gasteiger partial charge in [-0.25, -0.2) is 0 Å². The number of nitrogens with zero attached hydrogens (tertiary/aromatic N) is 3. The number of aromatic nitrogens is 3. The highest BCUT2D eigenvalue weighted by Gasteiger charge is 2.44. The maximum absolute atomic E-state index is 10.9. The van der Waals surface area contributed by atoms with E-state index in [4.69, 9.17) is 21.3 Å². The fraction of sp³-hybridized carbons (Fsp3) is 0.625. The quantitative estimate of drug-likeness (QED) is 0.373. The van der Waals surface area contributed by atoms with Crippen molar-refractivity contribution in [1.82, 2.24) is 14.8 Å². The number of rotatable bonds is 3. The van der Waals surface area contributed by atoms with Crippen LogP contribution >= 0.6 is 0 Å². The van der Waals surface area contributed by atoms with Gasteiger partial charge in [0.2, 0.25) is 11.8 Å². The SMILES string of the molecule is NC(=O)c1nc(N)n([C@@H]2O[C@H](CO)[C@@H](O)[C@H]2O)n1. The summed E-state index contributed by atoms with van der Waals surface area (Å²) in [6, 6.07) is 0. The predicted molar refractivity (Wildman–Crippen MR) is 56.0 cm³/mol. The predicted octanol–water partition coefficient (Wildman–Crippen LogP) is -3.43. The first kappa shape index (κ1) is 12.7. The van der Waals surface area contributed by atoms with E-state index >= 15 is 0 Å². The van der Waals surface area contributed by atoms with Gasteiger partial charge in [0.05, 0.1) is 6.61 Å². The van der Waals surface area contributed by atoms with Gasteiger partial charge >= 0.3 is 0 Å². The van der Waals surface area contributed by atoms with Crippen molar-refractivity contribution < 1.29 is 24.9 Å². The second-order valence-electron chi connectivity index (χ2n) is 3.83. The van der Waals surface area contributed by atoms with Gasteiger partial charge in [0.25, 0.3) is 5.91 Å². The van der Waals surface area contributed by atoms with Crippen molar-refractivity contribution in [1.29, 1.82) is 0 Å². The van der Waals surface area contributed by atoms with Crippen molar-refractivity contribution in [3.05, 3.63) is 5.82 Å². The second-order valence-corrected chi connectivity index (χ2v) is 3.83. The third-order valence-corrected chi connectivity index (χ3v) is 2.64. The molecule has 0 aliphatic carbocycles. The van der Waals surface area contributed by atoms with E-state index in [2.05, 4.69) is 10.1 Å². The zero-order valence-electron chi connectivity index (χ0n) is 9.17. The minimum Gasteiger partial charge on any atom is -0.394 e. The Morgan fingerprint density at radius 3 is 2.56 bits per heavy atom. The molecule has 10 heteroatoms. The Bertz CT molecular complexity index is 463. The molecule has 1 aromatic heterocycles. The molecule has 0 bridgehead atoms. The molecule has 1 aromatic rings. The first-order valence-corrected chi connectivity index (χ1v) is 5.10. The van der Waals surface area contributed by atoms with Crippen LogP contribution < -0.4 is 11.5 Å². The Labute approximate surface area is 101 Å². The van der Waals surface area contributed by atoms with Crippen LogP contribution in [-0.4, -0.2) is 60.9 Å². The minimum absolute atomic E-state index is 0.196. The van der Waals surface area contributed by atoms with Gasteiger partial charge in [0.15, 0.2) is 6.23 Å². The number of nitrogen functional groups attached to an aromatic ring is 1. The zero-order chi connectivity index (χ0) is 13.4. The molecule has 1 saturated heterocycles. The van der Waals surface area contributed by atoms with Crippen molar-refractivity contribution in [3.63, 3.8) is 0 Å². The van der Waals surface area contributed by atoms with Gasteiger partial charge in [0.1, 0.15) is 18.3 Å². The summed E-state index contributed by atoms with van der Waals surface area (Å²) in [4.78, 5) is 14.5. The summed E-state index contributed by atoms with van der Waals surface area (Å²) in [6.45, 7) is -0.480. The number of aliphatic hydroxyl groups excluding tert-OH is 3. The fourth-order valence-corrected chi connectivity index (χ4v) is 1.71. The molecule has 10 nitrogen and oxygen atoms in total. The van der Waals surface area contributed by atoms with E-state index in [1.165, 1.54) is 0 Å². The molecule has 1 aliphatic rings. The average Bonchev–Trinajstić information content (AvgIpc) is 2.83. The molecule has 7 N–H and O–H groups in total. The van der Waals surface area contributed by atoms with E-state index in [9.17, 15) is 15.0 Å². The Morgan fingerprint density at radius 2 is 2.11 bits per heavy atom. The first-order valence-electron chi connectivity index (χ1n) is 5.10. The molecule has 1 amide bonds. The van der Waals surface area contributed by atoms with Crippen LogP contribution in [0.5, 0.6) is 0 Å². The number of nitrogens with two attached hydrogens (primary N) is 2. The Hall–Kier alpha value is -1.75. The highest BCUT2D eigenvalue weighted by Crippen LogP contribution is 2.29. The Kier molecular flexibility index (Phi) is 3.17. The lowest BCUT2D eigenvalue weighted by Gasteiger charge is -2.15. The van der Waals surface area contributed by atoms with Gasteiger partial charge in [-0.1, -0.05) is 0 Å². The third-order valence-electron chi connectivity index (χ3n) is 2.64. The number of amides is 1. The van der Waals surface area contributed by atoms with Crippen LogP contribution in [0.3, 0.4) is 0 Å². The smallest absolute Gasteiger partial charge is 0.288 e. The van der Waals surface area contributed by atoms with Crippen LogP contribution in [0.25, 0.3) is 0 Å². The lowest BCUT2D eigenvalue weighted by molar-refractivity contribution is -0.0576. The number of ether oxygens (including phenoxy) is 1. The van der Waals surface area contributed by atoms with Gasteiger partial charge < -0.3 is 31.5 Å². The fourth-order valence-electron chi connectivity index (χ4n) is 1.71. The summed E-state index contributed by atoms with van der Waals surface area (Å²) in [5, 5.41) is 31.9. The lowest BCUT2D eigenvalue weighted by atomic mass is 10.1. The van der Waals surface area contributed by atoms with Gasteiger partial charge in [0, 0.05) is 0 Å². The van der Waals surface area contributed by atoms with Crippen molar-refractivity contribution in [2.75, 3.05) is 12.3 Å². The Balaban J connectivity index is 2.29. The lowest BCUT2D eigenvalue weighted by Crippen LogP contribution is -2.33. The van der Waals surface area contributed by atoms with Crippen molar-refractivity contribution >= 4 is 11.9 Å². The standard InChI is InChI=1S/C8H13N5O5/c9-5(17)6-11-8(10)13(12-6)7-4(16)3(15)2(1-14)18-7/h2-4,7,14-16H,1H2,(H2,9,17)(H2,10,11,12)/t2-,3-,4-,7-/m1/s1. The largest absolute Gasteiger partial charge is 0.394 e. The van der Waals surface area contributed by atoms with E-state index in [-0.39, 0.29) is 11.8 Å². The number of carbonyl (C=O) groups is 1. The van der Waals surface area contributed by atoms with Gasteiger partial charge in [-0.2, -0.15) is 9.67 Å². The maximum atomic E-state index is 10.9. The summed E-state index contributed by atoms with van der Waals surface area (Å²) >= 11 is 0. The summed E-state index contributed by atoms with van der Waals surface area (Å²) < 4.78 is 6.11. The van der Waals surface area contributed by atoms with E-state index in [0.29, 0.717) is 0 Å². The summed E-state index contributed by atoms with van der Waals surface area (Å²) in [7, 11) is 0. The molecule has 1 fully saturated rings. The van der Waals surface area contributed by atoms with Crippen LogP contribution in [0.4, 0.5) is 5.95 Å². The third kappa shape index (κ3) is 1.90. The van der Waals surface area contributed by atoms with E-state index in [1.807, 2.05) is 0 Å². The molecule has 2 rings (SSSR count). The molecule has 0 aromatic carbocycles. The van der Waals surface area contributed by atoms with Gasteiger partial charge in [-0.05, 0) is 0 Å². The van der Waals surface area contributed by atoms with E-state index in [0.717, 1.165) is 4.68 Å². The summed E-state index contributed by atoms with van der Waals surface area (Å²) in [5.41, 5.74) is 10.5. The molecule has 0 spiro atoms. The van der Waals surface area contributed by atoms with Crippen molar-refractivity contribution in [3.8, 4) is 0 Å². The van der Waals surface area contributed by atoms with Crippen molar-refractivity contribution in [2.45, 2.75) is 24.5 Å². The average molecular weight is 259 g/mol. The molecule has 1 aliphatic heterocycles. The second kappa shape index (κ2) is 4.49. The van der Waals surface area contributed by atoms with E-state index < -0.39 is 37.1 Å². The van der Waals surface area contributed by atoms with Crippen molar-refractivity contribution in [2.24, 2.45) is 5.73 Å². The summed E-state index contributed by atoms with van der Waals surface area (Å²) in [5.74, 6) is -1.41. The number of primary amides is 1. The maximum Gasteiger partial charge on any atom is 0.288 e. The number of anilines is 1. The van der Waals surface area contributed by atoms with Crippen LogP contribution in [0.15, 0.2) is 0 Å². The van der Waals surface area contributed by atoms with Crippen LogP contribution in [0.1, 0.15) is 16.8 Å². The molecule has 0 radical (unpaired) electrons. The zero-order valence-corrected chi connectivity index (χ0v) is 9.17. The molecule has 18 heavy (non-hydrogen) atoms. The normalized spacial score (nSPS) is 31.7. The molecular weight excluding hydrogens is 246 g/mol. The van der Waals surface area contributed by atoms with Crippen LogP contribution in [-0.2, 0) is 4.74 Å². The molecule has 100 valence electrons. The van der Waals surface area contributed by atoms with Crippen LogP contribution in [0.2, 0.25) is 0 Å². The topological polar surface area (TPSA) is 170 Å².